The molecule has 5 heteroatoms. The second-order valence-corrected chi connectivity index (χ2v) is 8.20. The minimum atomic E-state index is 0.273. The smallest absolute Gasteiger partial charge is 0.218 e. The van der Waals surface area contributed by atoms with Crippen molar-refractivity contribution in [2.75, 3.05) is 44.2 Å². The fourth-order valence-corrected chi connectivity index (χ4v) is 4.58. The van der Waals surface area contributed by atoms with Crippen molar-refractivity contribution in [3.8, 4) is 0 Å². The zero-order valence-corrected chi connectivity index (χ0v) is 17.1. The molecule has 0 bridgehead atoms. The second kappa shape index (κ2) is 8.50. The molecule has 0 aliphatic carbocycles. The highest BCUT2D eigenvalue weighted by atomic mass is 16.5. The molecule has 2 saturated heterocycles. The number of nitrogens with one attached hydrogen (secondary N) is 1. The van der Waals surface area contributed by atoms with E-state index in [1.165, 1.54) is 16.3 Å². The van der Waals surface area contributed by atoms with Crippen LogP contribution in [0.4, 0.5) is 5.69 Å². The van der Waals surface area contributed by atoms with Gasteiger partial charge in [-0.05, 0) is 44.9 Å². The van der Waals surface area contributed by atoms with Gasteiger partial charge in [0, 0.05) is 35.8 Å². The summed E-state index contributed by atoms with van der Waals surface area (Å²) in [6, 6.07) is 12.6. The molecular weight excluding hydrogens is 350 g/mol. The number of ketones is 1. The van der Waals surface area contributed by atoms with Crippen LogP contribution in [-0.4, -0.2) is 55.8 Å². The van der Waals surface area contributed by atoms with Gasteiger partial charge in [-0.25, -0.2) is 0 Å². The first-order valence-corrected chi connectivity index (χ1v) is 10.6. The van der Waals surface area contributed by atoms with Crippen molar-refractivity contribution in [3.05, 3.63) is 53.3 Å². The Balaban J connectivity index is 1.35. The number of aryl methyl sites for hydroxylation is 1. The molecule has 2 aliphatic rings. The number of quaternary nitrogens is 1. The summed E-state index contributed by atoms with van der Waals surface area (Å²) in [6.07, 6.45) is 2.56. The summed E-state index contributed by atoms with van der Waals surface area (Å²) in [4.78, 5) is 16.8. The molecule has 4 rings (SSSR count). The van der Waals surface area contributed by atoms with Crippen LogP contribution in [0, 0.1) is 13.8 Å². The topological polar surface area (TPSA) is 38.9 Å². The molecule has 0 amide bonds. The van der Waals surface area contributed by atoms with Gasteiger partial charge in [-0.15, -0.1) is 0 Å². The van der Waals surface area contributed by atoms with Crippen molar-refractivity contribution >= 4 is 11.5 Å². The third kappa shape index (κ3) is 4.15. The maximum Gasteiger partial charge on any atom is 0.218 e. The zero-order valence-electron chi connectivity index (χ0n) is 17.1. The summed E-state index contributed by atoms with van der Waals surface area (Å²) < 4.78 is 8.06. The van der Waals surface area contributed by atoms with Gasteiger partial charge >= 0.3 is 0 Å². The number of carbonyl (C=O) groups is 1. The lowest BCUT2D eigenvalue weighted by atomic mass is 10.1. The van der Waals surface area contributed by atoms with Gasteiger partial charge < -0.3 is 19.1 Å². The lowest BCUT2D eigenvalue weighted by Gasteiger charge is -2.33. The van der Waals surface area contributed by atoms with Crippen molar-refractivity contribution in [2.24, 2.45) is 0 Å². The van der Waals surface area contributed by atoms with E-state index in [4.69, 9.17) is 4.74 Å². The van der Waals surface area contributed by atoms with Crippen LogP contribution in [0.3, 0.4) is 0 Å². The highest BCUT2D eigenvalue weighted by molar-refractivity contribution is 5.98. The van der Waals surface area contributed by atoms with Gasteiger partial charge in [0.1, 0.15) is 6.54 Å². The largest absolute Gasteiger partial charge is 0.376 e. The third-order valence-electron chi connectivity index (χ3n) is 6.29. The van der Waals surface area contributed by atoms with E-state index in [2.05, 4.69) is 59.7 Å². The van der Waals surface area contributed by atoms with Crippen LogP contribution in [-0.2, 0) is 11.3 Å². The summed E-state index contributed by atoms with van der Waals surface area (Å²) in [7, 11) is 0. The van der Waals surface area contributed by atoms with Gasteiger partial charge in [-0.3, -0.25) is 4.79 Å². The molecule has 1 aromatic carbocycles. The van der Waals surface area contributed by atoms with Crippen molar-refractivity contribution < 1.29 is 14.4 Å². The molecular formula is C23H32N3O2+. The van der Waals surface area contributed by atoms with E-state index >= 15 is 0 Å². The molecule has 2 aromatic rings. The molecule has 0 saturated carbocycles. The third-order valence-corrected chi connectivity index (χ3v) is 6.29. The Bertz CT molecular complexity index is 801. The van der Waals surface area contributed by atoms with Crippen LogP contribution in [0.1, 0.15) is 34.6 Å². The Labute approximate surface area is 167 Å². The Morgan fingerprint density at radius 1 is 1.18 bits per heavy atom. The molecule has 1 aromatic heterocycles. The van der Waals surface area contributed by atoms with Gasteiger partial charge in [0.2, 0.25) is 5.78 Å². The molecule has 1 N–H and O–H groups in total. The highest BCUT2D eigenvalue weighted by Gasteiger charge is 2.26. The van der Waals surface area contributed by atoms with Crippen molar-refractivity contribution in [3.63, 3.8) is 0 Å². The number of ether oxygens (including phenoxy) is 1. The molecule has 0 radical (unpaired) electrons. The molecule has 5 nitrogen and oxygen atoms in total. The van der Waals surface area contributed by atoms with E-state index in [1.807, 2.05) is 0 Å². The highest BCUT2D eigenvalue weighted by Crippen LogP contribution is 2.20. The lowest BCUT2D eigenvalue weighted by Crippen LogP contribution is -3.15. The maximum atomic E-state index is 13.0. The predicted octanol–water partition coefficient (Wildman–Crippen LogP) is 1.87. The summed E-state index contributed by atoms with van der Waals surface area (Å²) in [6.45, 7) is 10.5. The van der Waals surface area contributed by atoms with Gasteiger partial charge in [-0.2, -0.15) is 0 Å². The quantitative estimate of drug-likeness (QED) is 0.776. The number of piperazine rings is 1. The Morgan fingerprint density at radius 3 is 2.61 bits per heavy atom. The number of carbonyl (C=O) groups excluding carboxylic acids is 1. The summed E-state index contributed by atoms with van der Waals surface area (Å²) in [5.74, 6) is 0.273. The fraction of sp³-hybridized carbons (Fsp3) is 0.522. The molecule has 150 valence electrons. The van der Waals surface area contributed by atoms with Crippen LogP contribution in [0.25, 0.3) is 0 Å². The molecule has 2 fully saturated rings. The minimum Gasteiger partial charge on any atom is -0.376 e. The van der Waals surface area contributed by atoms with Crippen LogP contribution in [0.15, 0.2) is 36.4 Å². The minimum absolute atomic E-state index is 0.273. The van der Waals surface area contributed by atoms with E-state index in [0.717, 1.165) is 63.4 Å². The number of hydrogen-bond acceptors (Lipinski definition) is 3. The first kappa shape index (κ1) is 19.2. The number of rotatable bonds is 6. The van der Waals surface area contributed by atoms with E-state index in [-0.39, 0.29) is 5.78 Å². The summed E-state index contributed by atoms with van der Waals surface area (Å²) >= 11 is 0. The van der Waals surface area contributed by atoms with Gasteiger partial charge in [-0.1, -0.05) is 18.2 Å². The average Bonchev–Trinajstić information content (AvgIpc) is 3.33. The average molecular weight is 383 g/mol. The van der Waals surface area contributed by atoms with Crippen LogP contribution < -0.4 is 9.80 Å². The summed E-state index contributed by atoms with van der Waals surface area (Å²) in [5, 5.41) is 0. The van der Waals surface area contributed by atoms with Crippen LogP contribution in [0.5, 0.6) is 0 Å². The molecule has 0 unspecified atom stereocenters. The monoisotopic (exact) mass is 382 g/mol. The lowest BCUT2D eigenvalue weighted by molar-refractivity contribution is -0.892. The van der Waals surface area contributed by atoms with E-state index in [1.54, 1.807) is 0 Å². The van der Waals surface area contributed by atoms with Crippen molar-refractivity contribution in [1.29, 1.82) is 0 Å². The van der Waals surface area contributed by atoms with E-state index in [9.17, 15) is 4.79 Å². The predicted molar refractivity (Wildman–Crippen MR) is 111 cm³/mol. The van der Waals surface area contributed by atoms with Gasteiger partial charge in [0.05, 0.1) is 32.3 Å². The number of anilines is 1. The number of para-hydroxylation sites is 1. The molecule has 3 heterocycles. The SMILES string of the molecule is Cc1cc(C(=O)C[NH+]2CCN(c3ccccc3)CC2)c(C)n1C[C@H]1CCCO1. The molecule has 28 heavy (non-hydrogen) atoms. The first-order chi connectivity index (χ1) is 13.6. The second-order valence-electron chi connectivity index (χ2n) is 8.20. The van der Waals surface area contributed by atoms with Crippen LogP contribution in [0.2, 0.25) is 0 Å². The maximum absolute atomic E-state index is 13.0. The number of nitrogens with zero attached hydrogens (tertiary/aromatic N) is 2. The fourth-order valence-electron chi connectivity index (χ4n) is 4.58. The Morgan fingerprint density at radius 2 is 1.93 bits per heavy atom. The normalized spacial score (nSPS) is 20.6. The Kier molecular flexibility index (Phi) is 5.83. The van der Waals surface area contributed by atoms with Crippen LogP contribution >= 0.6 is 0 Å². The number of benzene rings is 1. The molecule has 0 spiro atoms. The van der Waals surface area contributed by atoms with Crippen molar-refractivity contribution in [2.45, 2.75) is 39.3 Å². The van der Waals surface area contributed by atoms with Crippen molar-refractivity contribution in [1.82, 2.24) is 4.57 Å². The zero-order chi connectivity index (χ0) is 19.5. The number of Topliss-reactive ketones (excluding diaryl/α,β-unsaturated/α-hetero) is 1. The number of aromatic nitrogens is 1. The van der Waals surface area contributed by atoms with E-state index < -0.39 is 0 Å². The molecule has 1 atom stereocenters. The van der Waals surface area contributed by atoms with Gasteiger partial charge in [0.25, 0.3) is 0 Å². The van der Waals surface area contributed by atoms with E-state index in [0.29, 0.717) is 12.6 Å². The Hall–Kier alpha value is -2.11. The number of hydrogen-bond donors (Lipinski definition) is 1. The van der Waals surface area contributed by atoms with Gasteiger partial charge in [0.15, 0.2) is 0 Å². The first-order valence-electron chi connectivity index (χ1n) is 10.6. The molecule has 2 aliphatic heterocycles. The standard InChI is InChI=1S/C23H31N3O2/c1-18-15-22(19(2)26(18)16-21-9-6-14-28-21)23(27)17-24-10-12-25(13-11-24)20-7-4-3-5-8-20/h3-5,7-8,15,21H,6,9-14,16-17H2,1-2H3/p+1/t21-/m1/s1. The summed E-state index contributed by atoms with van der Waals surface area (Å²) in [5.41, 5.74) is 4.44.